The molecule has 0 fully saturated rings. The first kappa shape index (κ1) is 18.4. The van der Waals surface area contributed by atoms with E-state index in [1.165, 1.54) is 18.2 Å². The minimum Gasteiger partial charge on any atom is -0.399 e. The van der Waals surface area contributed by atoms with Gasteiger partial charge >= 0.3 is 0 Å². The molecule has 0 radical (unpaired) electrons. The van der Waals surface area contributed by atoms with E-state index in [1.54, 1.807) is 13.8 Å². The van der Waals surface area contributed by atoms with Crippen molar-refractivity contribution in [3.05, 3.63) is 22.7 Å². The summed E-state index contributed by atoms with van der Waals surface area (Å²) in [4.78, 5) is 0.0341. The van der Waals surface area contributed by atoms with Crippen molar-refractivity contribution >= 4 is 41.7 Å². The summed E-state index contributed by atoms with van der Waals surface area (Å²) >= 11 is 3.14. The van der Waals surface area contributed by atoms with E-state index >= 15 is 0 Å². The summed E-state index contributed by atoms with van der Waals surface area (Å²) in [5, 5.41) is 0. The highest BCUT2D eigenvalue weighted by atomic mass is 79.9. The standard InChI is InChI=1S/C11H18BrN3O4S2/c1-11(2,15-20(3,16)17)7-14-21(18,19)10-5-4-8(13)6-9(10)12/h4-6,14-15H,7,13H2,1-3H3. The molecule has 10 heteroatoms. The van der Waals surface area contributed by atoms with Crippen LogP contribution in [0.1, 0.15) is 13.8 Å². The zero-order chi connectivity index (χ0) is 16.5. The summed E-state index contributed by atoms with van der Waals surface area (Å²) in [7, 11) is -7.22. The second-order valence-electron chi connectivity index (χ2n) is 5.27. The Balaban J connectivity index is 2.91. The largest absolute Gasteiger partial charge is 0.399 e. The molecule has 1 aromatic rings. The molecule has 21 heavy (non-hydrogen) atoms. The van der Waals surface area contributed by atoms with Crippen LogP contribution in [-0.2, 0) is 20.0 Å². The second-order valence-corrected chi connectivity index (χ2v) is 9.61. The number of nitrogen functional groups attached to an aromatic ring is 1. The van der Waals surface area contributed by atoms with Gasteiger partial charge in [0.15, 0.2) is 0 Å². The Morgan fingerprint density at radius 2 is 1.81 bits per heavy atom. The highest BCUT2D eigenvalue weighted by Crippen LogP contribution is 2.24. The van der Waals surface area contributed by atoms with Crippen molar-refractivity contribution in [2.75, 3.05) is 18.5 Å². The van der Waals surface area contributed by atoms with Gasteiger partial charge in [-0.25, -0.2) is 26.3 Å². The van der Waals surface area contributed by atoms with Crippen molar-refractivity contribution in [2.24, 2.45) is 0 Å². The van der Waals surface area contributed by atoms with Gasteiger partial charge in [0.2, 0.25) is 20.0 Å². The van der Waals surface area contributed by atoms with Crippen molar-refractivity contribution in [3.63, 3.8) is 0 Å². The average molecular weight is 400 g/mol. The minimum atomic E-state index is -3.78. The van der Waals surface area contributed by atoms with Crippen LogP contribution in [0.25, 0.3) is 0 Å². The fourth-order valence-electron chi connectivity index (χ4n) is 1.63. The number of hydrogen-bond acceptors (Lipinski definition) is 5. The maximum atomic E-state index is 12.2. The second kappa shape index (κ2) is 6.21. The highest BCUT2D eigenvalue weighted by Gasteiger charge is 2.26. The lowest BCUT2D eigenvalue weighted by molar-refractivity contribution is 0.446. The van der Waals surface area contributed by atoms with Crippen LogP contribution in [0, 0.1) is 0 Å². The molecule has 0 amide bonds. The molecule has 7 nitrogen and oxygen atoms in total. The van der Waals surface area contributed by atoms with Crippen LogP contribution in [-0.4, -0.2) is 35.2 Å². The first-order valence-electron chi connectivity index (χ1n) is 5.86. The van der Waals surface area contributed by atoms with E-state index in [0.717, 1.165) is 6.26 Å². The molecule has 0 aromatic heterocycles. The van der Waals surface area contributed by atoms with E-state index in [-0.39, 0.29) is 11.4 Å². The van der Waals surface area contributed by atoms with Gasteiger partial charge in [-0.2, -0.15) is 0 Å². The number of halogens is 1. The number of hydrogen-bond donors (Lipinski definition) is 3. The van der Waals surface area contributed by atoms with Gasteiger partial charge in [-0.05, 0) is 48.0 Å². The molecule has 0 saturated carbocycles. The first-order chi connectivity index (χ1) is 9.32. The van der Waals surface area contributed by atoms with Crippen LogP contribution in [0.5, 0.6) is 0 Å². The summed E-state index contributed by atoms with van der Waals surface area (Å²) < 4.78 is 51.9. The zero-order valence-electron chi connectivity index (χ0n) is 11.8. The summed E-state index contributed by atoms with van der Waals surface area (Å²) in [5.74, 6) is 0. The van der Waals surface area contributed by atoms with Crippen molar-refractivity contribution in [3.8, 4) is 0 Å². The fourth-order valence-corrected chi connectivity index (χ4v) is 5.01. The molecule has 0 aliphatic rings. The van der Waals surface area contributed by atoms with Gasteiger partial charge in [-0.1, -0.05) is 0 Å². The molecular formula is C11H18BrN3O4S2. The lowest BCUT2D eigenvalue weighted by Crippen LogP contribution is -2.50. The van der Waals surface area contributed by atoms with E-state index in [0.29, 0.717) is 10.2 Å². The van der Waals surface area contributed by atoms with Crippen LogP contribution >= 0.6 is 15.9 Å². The monoisotopic (exact) mass is 399 g/mol. The Morgan fingerprint density at radius 1 is 1.24 bits per heavy atom. The number of nitrogens with two attached hydrogens (primary N) is 1. The average Bonchev–Trinajstić information content (AvgIpc) is 2.23. The van der Waals surface area contributed by atoms with Gasteiger partial charge in [-0.3, -0.25) is 0 Å². The topological polar surface area (TPSA) is 118 Å². The third-order valence-corrected chi connectivity index (χ3v) is 5.71. The molecule has 4 N–H and O–H groups in total. The summed E-state index contributed by atoms with van der Waals surface area (Å²) in [5.41, 5.74) is 5.03. The lowest BCUT2D eigenvalue weighted by atomic mass is 10.1. The predicted octanol–water partition coefficient (Wildman–Crippen LogP) is 0.637. The Bertz CT molecular complexity index is 730. The molecule has 0 spiro atoms. The van der Waals surface area contributed by atoms with Crippen molar-refractivity contribution in [1.29, 1.82) is 0 Å². The molecule has 0 unspecified atom stereocenters. The quantitative estimate of drug-likeness (QED) is 0.606. The molecule has 0 aliphatic carbocycles. The van der Waals surface area contributed by atoms with E-state index in [1.807, 2.05) is 0 Å². The van der Waals surface area contributed by atoms with Crippen LogP contribution in [0.15, 0.2) is 27.6 Å². The number of benzene rings is 1. The Kier molecular flexibility index (Phi) is 5.43. The van der Waals surface area contributed by atoms with Gasteiger partial charge in [-0.15, -0.1) is 0 Å². The molecular weight excluding hydrogens is 382 g/mol. The van der Waals surface area contributed by atoms with Crippen molar-refractivity contribution < 1.29 is 16.8 Å². The lowest BCUT2D eigenvalue weighted by Gasteiger charge is -2.25. The smallest absolute Gasteiger partial charge is 0.241 e. The first-order valence-corrected chi connectivity index (χ1v) is 10.0. The zero-order valence-corrected chi connectivity index (χ0v) is 15.1. The molecule has 0 atom stereocenters. The number of nitrogens with one attached hydrogen (secondary N) is 2. The highest BCUT2D eigenvalue weighted by molar-refractivity contribution is 9.10. The van der Waals surface area contributed by atoms with E-state index < -0.39 is 25.6 Å². The summed E-state index contributed by atoms with van der Waals surface area (Å²) in [6, 6.07) is 4.33. The Morgan fingerprint density at radius 3 is 2.29 bits per heavy atom. The van der Waals surface area contributed by atoms with Gasteiger partial charge < -0.3 is 5.73 Å². The maximum Gasteiger partial charge on any atom is 0.241 e. The van der Waals surface area contributed by atoms with E-state index in [9.17, 15) is 16.8 Å². The maximum absolute atomic E-state index is 12.2. The van der Waals surface area contributed by atoms with Gasteiger partial charge in [0.1, 0.15) is 0 Å². The number of rotatable bonds is 6. The summed E-state index contributed by atoms with van der Waals surface area (Å²) in [6.07, 6.45) is 1.01. The molecule has 0 bridgehead atoms. The van der Waals surface area contributed by atoms with Gasteiger partial charge in [0, 0.05) is 22.2 Å². The van der Waals surface area contributed by atoms with Crippen LogP contribution < -0.4 is 15.2 Å². The fraction of sp³-hybridized carbons (Fsp3) is 0.455. The van der Waals surface area contributed by atoms with Gasteiger partial charge in [0.25, 0.3) is 0 Å². The van der Waals surface area contributed by atoms with Crippen LogP contribution in [0.3, 0.4) is 0 Å². The third kappa shape index (κ3) is 5.91. The number of anilines is 1. The SMILES string of the molecule is CC(C)(CNS(=O)(=O)c1ccc(N)cc1Br)NS(C)(=O)=O. The predicted molar refractivity (Wildman–Crippen MR) is 85.8 cm³/mol. The Labute approximate surface area is 133 Å². The minimum absolute atomic E-state index is 0.0341. The van der Waals surface area contributed by atoms with Crippen molar-refractivity contribution in [1.82, 2.24) is 9.44 Å². The van der Waals surface area contributed by atoms with Crippen molar-refractivity contribution in [2.45, 2.75) is 24.3 Å². The Hall–Kier alpha value is -0.680. The normalized spacial score (nSPS) is 13.3. The molecule has 0 saturated heterocycles. The van der Waals surface area contributed by atoms with E-state index in [4.69, 9.17) is 5.73 Å². The molecule has 1 aromatic carbocycles. The van der Waals surface area contributed by atoms with Gasteiger partial charge in [0.05, 0.1) is 11.2 Å². The molecule has 0 aliphatic heterocycles. The van der Waals surface area contributed by atoms with Crippen LogP contribution in [0.2, 0.25) is 0 Å². The molecule has 1 rings (SSSR count). The summed E-state index contributed by atoms with van der Waals surface area (Å²) in [6.45, 7) is 3.06. The molecule has 120 valence electrons. The molecule has 0 heterocycles. The number of sulfonamides is 2. The third-order valence-electron chi connectivity index (χ3n) is 2.41. The van der Waals surface area contributed by atoms with E-state index in [2.05, 4.69) is 25.4 Å². The van der Waals surface area contributed by atoms with Crippen LogP contribution in [0.4, 0.5) is 5.69 Å².